The molecule has 2 aliphatic rings. The molecular formula is C19H29NO5. The van der Waals surface area contributed by atoms with Crippen molar-refractivity contribution in [2.45, 2.75) is 63.1 Å². The fraction of sp³-hybridized carbons (Fsp3) is 0.684. The smallest absolute Gasteiger partial charge is 0.184 e. The van der Waals surface area contributed by atoms with Gasteiger partial charge in [-0.2, -0.15) is 0 Å². The van der Waals surface area contributed by atoms with E-state index >= 15 is 0 Å². The Hall–Kier alpha value is -1.02. The average molecular weight is 351 g/mol. The van der Waals surface area contributed by atoms with E-state index in [4.69, 9.17) is 18.9 Å². The van der Waals surface area contributed by atoms with E-state index in [0.717, 1.165) is 31.4 Å². The van der Waals surface area contributed by atoms with E-state index in [1.807, 2.05) is 30.3 Å². The van der Waals surface area contributed by atoms with Gasteiger partial charge in [0.2, 0.25) is 0 Å². The summed E-state index contributed by atoms with van der Waals surface area (Å²) in [6, 6.07) is 9.44. The van der Waals surface area contributed by atoms with Gasteiger partial charge in [0.25, 0.3) is 0 Å². The van der Waals surface area contributed by atoms with Crippen molar-refractivity contribution in [3.05, 3.63) is 35.9 Å². The molecular weight excluding hydrogens is 322 g/mol. The molecule has 2 N–H and O–H groups in total. The Morgan fingerprint density at radius 3 is 2.72 bits per heavy atom. The topological polar surface area (TPSA) is 69.2 Å². The van der Waals surface area contributed by atoms with Crippen LogP contribution in [0.15, 0.2) is 30.3 Å². The molecule has 2 saturated heterocycles. The normalized spacial score (nSPS) is 35.3. The van der Waals surface area contributed by atoms with Gasteiger partial charge in [0, 0.05) is 12.7 Å². The Bertz CT molecular complexity index is 514. The summed E-state index contributed by atoms with van der Waals surface area (Å²) in [5.74, 6) is 0. The minimum Gasteiger partial charge on any atom is -0.388 e. The van der Waals surface area contributed by atoms with Crippen LogP contribution in [0.1, 0.15) is 38.0 Å². The summed E-state index contributed by atoms with van der Waals surface area (Å²) < 4.78 is 23.2. The van der Waals surface area contributed by atoms with Crippen molar-refractivity contribution in [1.29, 1.82) is 0 Å². The van der Waals surface area contributed by atoms with Crippen molar-refractivity contribution in [2.24, 2.45) is 0 Å². The van der Waals surface area contributed by atoms with Gasteiger partial charge in [-0.05, 0) is 13.0 Å². The highest BCUT2D eigenvalue weighted by molar-refractivity contribution is 5.16. The van der Waals surface area contributed by atoms with Gasteiger partial charge in [0.1, 0.15) is 18.3 Å². The summed E-state index contributed by atoms with van der Waals surface area (Å²) in [7, 11) is 1.59. The van der Waals surface area contributed by atoms with Crippen LogP contribution in [0.2, 0.25) is 0 Å². The first-order valence-corrected chi connectivity index (χ1v) is 9.16. The Labute approximate surface area is 149 Å². The van der Waals surface area contributed by atoms with Crippen LogP contribution >= 0.6 is 0 Å². The number of unbranched alkanes of at least 4 members (excludes halogenated alkanes) is 2. The van der Waals surface area contributed by atoms with Crippen LogP contribution in [-0.2, 0) is 18.9 Å². The van der Waals surface area contributed by atoms with Gasteiger partial charge in [-0.1, -0.05) is 50.1 Å². The van der Waals surface area contributed by atoms with E-state index < -0.39 is 24.8 Å². The lowest BCUT2D eigenvalue weighted by Crippen LogP contribution is -2.66. The van der Waals surface area contributed by atoms with Gasteiger partial charge in [-0.25, -0.2) is 0 Å². The van der Waals surface area contributed by atoms with E-state index in [0.29, 0.717) is 6.61 Å². The first-order chi connectivity index (χ1) is 12.2. The summed E-state index contributed by atoms with van der Waals surface area (Å²) in [6.45, 7) is 3.35. The van der Waals surface area contributed by atoms with E-state index in [2.05, 4.69) is 12.2 Å². The summed E-state index contributed by atoms with van der Waals surface area (Å²) >= 11 is 0. The van der Waals surface area contributed by atoms with E-state index in [1.54, 1.807) is 7.11 Å². The number of fused-ring (bicyclic) bond motifs is 1. The average Bonchev–Trinajstić information content (AvgIpc) is 2.67. The quantitative estimate of drug-likeness (QED) is 0.732. The number of hydrogen-bond acceptors (Lipinski definition) is 6. The number of aliphatic hydroxyl groups is 1. The van der Waals surface area contributed by atoms with Crippen molar-refractivity contribution in [2.75, 3.05) is 20.3 Å². The van der Waals surface area contributed by atoms with Gasteiger partial charge in [0.05, 0.1) is 12.6 Å². The zero-order chi connectivity index (χ0) is 17.6. The van der Waals surface area contributed by atoms with Crippen LogP contribution in [0.4, 0.5) is 0 Å². The predicted octanol–water partition coefficient (Wildman–Crippen LogP) is 1.98. The van der Waals surface area contributed by atoms with Gasteiger partial charge >= 0.3 is 0 Å². The lowest BCUT2D eigenvalue weighted by molar-refractivity contribution is -0.341. The molecule has 0 spiro atoms. The molecule has 6 nitrogen and oxygen atoms in total. The Balaban J connectivity index is 1.65. The van der Waals surface area contributed by atoms with Crippen LogP contribution in [0.25, 0.3) is 0 Å². The van der Waals surface area contributed by atoms with Crippen molar-refractivity contribution in [3.8, 4) is 0 Å². The molecule has 0 amide bonds. The molecule has 0 aliphatic carbocycles. The van der Waals surface area contributed by atoms with Crippen molar-refractivity contribution in [3.63, 3.8) is 0 Å². The maximum Gasteiger partial charge on any atom is 0.184 e. The molecule has 0 aromatic heterocycles. The molecule has 25 heavy (non-hydrogen) atoms. The maximum atomic E-state index is 10.9. The number of nitrogens with one attached hydrogen (secondary N) is 1. The molecule has 0 unspecified atom stereocenters. The summed E-state index contributed by atoms with van der Waals surface area (Å²) in [6.07, 6.45) is 0.854. The lowest BCUT2D eigenvalue weighted by atomic mass is 9.95. The molecule has 6 atom stereocenters. The van der Waals surface area contributed by atoms with Crippen LogP contribution in [0.5, 0.6) is 0 Å². The van der Waals surface area contributed by atoms with Gasteiger partial charge < -0.3 is 29.4 Å². The fourth-order valence-corrected chi connectivity index (χ4v) is 3.43. The maximum absolute atomic E-state index is 10.9. The second-order valence-corrected chi connectivity index (χ2v) is 6.63. The molecule has 2 heterocycles. The fourth-order valence-electron chi connectivity index (χ4n) is 3.43. The first-order valence-electron chi connectivity index (χ1n) is 9.16. The number of benzene rings is 1. The highest BCUT2D eigenvalue weighted by Gasteiger charge is 2.49. The zero-order valence-corrected chi connectivity index (χ0v) is 15.0. The number of methoxy groups -OCH3 is 1. The third-order valence-corrected chi connectivity index (χ3v) is 4.83. The number of rotatable bonds is 7. The number of ether oxygens (including phenoxy) is 4. The summed E-state index contributed by atoms with van der Waals surface area (Å²) in [5, 5.41) is 14.3. The molecule has 0 radical (unpaired) electrons. The highest BCUT2D eigenvalue weighted by atomic mass is 16.7. The molecule has 0 bridgehead atoms. The second-order valence-electron chi connectivity index (χ2n) is 6.63. The summed E-state index contributed by atoms with van der Waals surface area (Å²) in [5.41, 5.74) is 0.939. The van der Waals surface area contributed by atoms with E-state index in [9.17, 15) is 5.11 Å². The van der Waals surface area contributed by atoms with Crippen LogP contribution in [-0.4, -0.2) is 56.0 Å². The third kappa shape index (κ3) is 4.39. The molecule has 6 heteroatoms. The number of aliphatic hydroxyl groups excluding tert-OH is 1. The van der Waals surface area contributed by atoms with Crippen LogP contribution in [0.3, 0.4) is 0 Å². The van der Waals surface area contributed by atoms with Crippen molar-refractivity contribution >= 4 is 0 Å². The molecule has 140 valence electrons. The highest BCUT2D eigenvalue weighted by Crippen LogP contribution is 2.34. The van der Waals surface area contributed by atoms with Crippen molar-refractivity contribution < 1.29 is 24.1 Å². The number of hydrogen-bond donors (Lipinski definition) is 2. The molecule has 3 rings (SSSR count). The first kappa shape index (κ1) is 18.8. The van der Waals surface area contributed by atoms with E-state index in [1.165, 1.54) is 0 Å². The Kier molecular flexibility index (Phi) is 6.81. The van der Waals surface area contributed by atoms with Gasteiger partial charge in [-0.15, -0.1) is 0 Å². The van der Waals surface area contributed by atoms with Crippen LogP contribution in [0, 0.1) is 0 Å². The largest absolute Gasteiger partial charge is 0.388 e. The van der Waals surface area contributed by atoms with Crippen LogP contribution < -0.4 is 5.32 Å². The predicted molar refractivity (Wildman–Crippen MR) is 93.0 cm³/mol. The standard InChI is InChI=1S/C19H29NO5/c1-3-4-8-11-20-15-16(21)17-14(24-19(15)22-2)12-23-18(25-17)13-9-6-5-7-10-13/h5-7,9-10,14-21H,3-4,8,11-12H2,1-2H3/t14-,15-,16+,17-,18-,19+/m1/s1. The van der Waals surface area contributed by atoms with Crippen molar-refractivity contribution in [1.82, 2.24) is 5.32 Å². The Morgan fingerprint density at radius 2 is 2.00 bits per heavy atom. The zero-order valence-electron chi connectivity index (χ0n) is 15.0. The molecule has 0 saturated carbocycles. The van der Waals surface area contributed by atoms with E-state index in [-0.39, 0.29) is 12.1 Å². The minimum absolute atomic E-state index is 0.322. The molecule has 1 aromatic carbocycles. The second kappa shape index (κ2) is 9.07. The third-order valence-electron chi connectivity index (χ3n) is 4.83. The SMILES string of the molecule is CCCCCN[C@H]1[C@@H](OC)O[C@@H]2CO[C@@H](c3ccccc3)O[C@H]2[C@H]1O. The monoisotopic (exact) mass is 351 g/mol. The van der Waals surface area contributed by atoms with Gasteiger partial charge in [-0.3, -0.25) is 0 Å². The molecule has 1 aromatic rings. The summed E-state index contributed by atoms with van der Waals surface area (Å²) in [4.78, 5) is 0. The minimum atomic E-state index is -0.722. The molecule has 2 aliphatic heterocycles. The van der Waals surface area contributed by atoms with Gasteiger partial charge in [0.15, 0.2) is 12.6 Å². The lowest BCUT2D eigenvalue weighted by Gasteiger charge is -2.47. The molecule has 2 fully saturated rings. The Morgan fingerprint density at radius 1 is 1.20 bits per heavy atom.